The zero-order valence-electron chi connectivity index (χ0n) is 18.7. The quantitative estimate of drug-likeness (QED) is 0.0614. The largest absolute Gasteiger partial charge is 0.487 e. The van der Waals surface area contributed by atoms with Crippen LogP contribution in [0.2, 0.25) is 0 Å². The molecule has 0 bridgehead atoms. The molecule has 0 aromatic heterocycles. The van der Waals surface area contributed by atoms with Crippen molar-refractivity contribution in [3.8, 4) is 5.75 Å². The first kappa shape index (κ1) is 25.0. The minimum atomic E-state index is -1.38. The summed E-state index contributed by atoms with van der Waals surface area (Å²) in [6, 6.07) is 18.5. The Morgan fingerprint density at radius 3 is 2.49 bits per heavy atom. The van der Waals surface area contributed by atoms with Crippen LogP contribution in [0, 0.1) is 15.5 Å². The minimum absolute atomic E-state index is 0.0195. The first-order valence-corrected chi connectivity index (χ1v) is 10.8. The smallest absolute Gasteiger partial charge is 0.349 e. The van der Waals surface area contributed by atoms with Crippen LogP contribution in [-0.4, -0.2) is 35.5 Å². The van der Waals surface area contributed by atoms with Gasteiger partial charge in [0.05, 0.1) is 0 Å². The van der Waals surface area contributed by atoms with E-state index in [1.165, 1.54) is 6.07 Å². The van der Waals surface area contributed by atoms with Gasteiger partial charge in [0.25, 0.3) is 0 Å². The summed E-state index contributed by atoms with van der Waals surface area (Å²) < 4.78 is 11.0. The summed E-state index contributed by atoms with van der Waals surface area (Å²) in [6.07, 6.45) is 0.234. The molecular weight excluding hydrogens is 454 g/mol. The maximum Gasteiger partial charge on any atom is 0.349 e. The lowest BCUT2D eigenvalue weighted by Gasteiger charge is -2.16. The number of nitrogens with one attached hydrogen (secondary N) is 3. The monoisotopic (exact) mass is 479 g/mol. The third kappa shape index (κ3) is 7.16. The molecular formula is C24H25N5O6. The highest BCUT2D eigenvalue weighted by Gasteiger charge is 2.28. The van der Waals surface area contributed by atoms with Crippen LogP contribution >= 0.6 is 0 Å². The molecule has 3 rings (SSSR count). The van der Waals surface area contributed by atoms with Crippen molar-refractivity contribution in [3.63, 3.8) is 0 Å². The summed E-state index contributed by atoms with van der Waals surface area (Å²) in [5, 5.41) is 21.2. The van der Waals surface area contributed by atoms with Crippen molar-refractivity contribution in [3.05, 3.63) is 88.0 Å². The second-order valence-electron chi connectivity index (χ2n) is 7.57. The molecule has 1 atom stereocenters. The fourth-order valence-electron chi connectivity index (χ4n) is 3.40. The van der Waals surface area contributed by atoms with Crippen molar-refractivity contribution in [2.75, 3.05) is 6.54 Å². The number of hydrogen-bond donors (Lipinski definition) is 4. The van der Waals surface area contributed by atoms with Crippen molar-refractivity contribution in [2.24, 2.45) is 5.73 Å². The number of hydrogen-bond acceptors (Lipinski definition) is 7. The number of esters is 2. The summed E-state index contributed by atoms with van der Waals surface area (Å²) >= 11 is 0. The van der Waals surface area contributed by atoms with E-state index in [9.17, 15) is 19.7 Å². The van der Waals surface area contributed by atoms with Crippen molar-refractivity contribution in [1.29, 1.82) is 5.41 Å². The van der Waals surface area contributed by atoms with Gasteiger partial charge in [-0.1, -0.05) is 60.7 Å². The van der Waals surface area contributed by atoms with Crippen LogP contribution in [0.5, 0.6) is 5.75 Å². The Morgan fingerprint density at radius 2 is 1.77 bits per heavy atom. The van der Waals surface area contributed by atoms with E-state index >= 15 is 0 Å². The Labute approximate surface area is 200 Å². The van der Waals surface area contributed by atoms with Gasteiger partial charge in [0.15, 0.2) is 17.0 Å². The van der Waals surface area contributed by atoms with Gasteiger partial charge in [-0.2, -0.15) is 0 Å². The number of nitrogens with two attached hydrogens (primary N) is 1. The Hall–Kier alpha value is -4.67. The molecule has 0 radical (unpaired) electrons. The molecule has 11 nitrogen and oxygen atoms in total. The SMILES string of the molecule is N=C(N)NCCC[C@H](N[N+](=O)[O-])C(=O)OC(=O)c1ccc2ccccc2c1OCc1ccccc1. The van der Waals surface area contributed by atoms with Crippen LogP contribution in [-0.2, 0) is 16.1 Å². The standard InChI is InChI=1S/C24H25N5O6/c25-24(26)27-14-6-11-20(28-29(32)33)23(31)35-22(30)19-13-12-17-9-4-5-10-18(17)21(19)34-15-16-7-2-1-3-8-16/h1-5,7-10,12-13,20,28H,6,11,14-15H2,(H4,25,26,27)/t20-/m0/s1. The number of fused-ring (bicyclic) bond motifs is 1. The number of nitro groups is 1. The number of carbonyl (C=O) groups is 2. The van der Waals surface area contributed by atoms with Crippen LogP contribution in [0.25, 0.3) is 10.8 Å². The summed E-state index contributed by atoms with van der Waals surface area (Å²) in [6.45, 7) is 0.395. The first-order chi connectivity index (χ1) is 16.8. The first-order valence-electron chi connectivity index (χ1n) is 10.8. The molecule has 0 heterocycles. The molecule has 3 aromatic carbocycles. The van der Waals surface area contributed by atoms with Crippen LogP contribution in [0.4, 0.5) is 0 Å². The van der Waals surface area contributed by atoms with E-state index in [2.05, 4.69) is 5.32 Å². The Bertz CT molecular complexity index is 1220. The second kappa shape index (κ2) is 12.0. The molecule has 0 aliphatic rings. The van der Waals surface area contributed by atoms with Gasteiger partial charge in [-0.15, -0.1) is 5.43 Å². The lowest BCUT2D eigenvalue weighted by atomic mass is 10.0. The van der Waals surface area contributed by atoms with Crippen molar-refractivity contribution < 1.29 is 24.1 Å². The maximum absolute atomic E-state index is 13.0. The molecule has 0 amide bonds. The highest BCUT2D eigenvalue weighted by molar-refractivity contribution is 6.05. The number of rotatable bonds is 11. The number of hydrazine groups is 1. The zero-order valence-corrected chi connectivity index (χ0v) is 18.7. The third-order valence-electron chi connectivity index (χ3n) is 5.05. The Morgan fingerprint density at radius 1 is 1.06 bits per heavy atom. The molecule has 0 unspecified atom stereocenters. The van der Waals surface area contributed by atoms with E-state index in [0.717, 1.165) is 10.9 Å². The maximum atomic E-state index is 13.0. The van der Waals surface area contributed by atoms with Gasteiger partial charge in [0.2, 0.25) is 0 Å². The predicted molar refractivity (Wildman–Crippen MR) is 128 cm³/mol. The molecule has 35 heavy (non-hydrogen) atoms. The average Bonchev–Trinajstić information content (AvgIpc) is 2.84. The van der Waals surface area contributed by atoms with Gasteiger partial charge in [-0.25, -0.2) is 19.7 Å². The molecule has 0 aliphatic carbocycles. The molecule has 5 N–H and O–H groups in total. The predicted octanol–water partition coefficient (Wildman–Crippen LogP) is 2.52. The van der Waals surface area contributed by atoms with Gasteiger partial charge in [0, 0.05) is 11.9 Å². The number of guanidine groups is 1. The van der Waals surface area contributed by atoms with E-state index in [1.807, 2.05) is 47.9 Å². The van der Waals surface area contributed by atoms with Crippen LogP contribution in [0.3, 0.4) is 0 Å². The van der Waals surface area contributed by atoms with Gasteiger partial charge >= 0.3 is 11.9 Å². The molecule has 0 spiro atoms. The fraction of sp³-hybridized carbons (Fsp3) is 0.208. The summed E-state index contributed by atoms with van der Waals surface area (Å²) in [4.78, 5) is 36.5. The molecule has 3 aromatic rings. The molecule has 11 heteroatoms. The summed E-state index contributed by atoms with van der Waals surface area (Å²) in [7, 11) is 0. The summed E-state index contributed by atoms with van der Waals surface area (Å²) in [5.74, 6) is -2.10. The van der Waals surface area contributed by atoms with Gasteiger partial charge < -0.3 is 20.5 Å². The molecule has 0 saturated heterocycles. The zero-order chi connectivity index (χ0) is 25.2. The number of carbonyl (C=O) groups excluding carboxylic acids is 2. The van der Waals surface area contributed by atoms with Crippen LogP contribution in [0.15, 0.2) is 66.7 Å². The van der Waals surface area contributed by atoms with Crippen molar-refractivity contribution >= 4 is 28.7 Å². The topological polar surface area (TPSA) is 170 Å². The van der Waals surface area contributed by atoms with E-state index in [4.69, 9.17) is 20.6 Å². The van der Waals surface area contributed by atoms with Gasteiger partial charge in [-0.3, -0.25) is 5.41 Å². The second-order valence-corrected chi connectivity index (χ2v) is 7.57. The Balaban J connectivity index is 1.79. The highest BCUT2D eigenvalue weighted by Crippen LogP contribution is 2.31. The van der Waals surface area contributed by atoms with Gasteiger partial charge in [-0.05, 0) is 29.9 Å². The Kier molecular flexibility index (Phi) is 8.54. The highest BCUT2D eigenvalue weighted by atomic mass is 16.7. The van der Waals surface area contributed by atoms with E-state index in [0.29, 0.717) is 5.39 Å². The lowest BCUT2D eigenvalue weighted by Crippen LogP contribution is -2.43. The minimum Gasteiger partial charge on any atom is -0.487 e. The average molecular weight is 479 g/mol. The molecule has 0 saturated carbocycles. The number of benzene rings is 3. The number of ether oxygens (including phenoxy) is 2. The summed E-state index contributed by atoms with van der Waals surface area (Å²) in [5.41, 5.74) is 7.96. The third-order valence-corrected chi connectivity index (χ3v) is 5.05. The van der Waals surface area contributed by atoms with Crippen molar-refractivity contribution in [1.82, 2.24) is 10.7 Å². The fourth-order valence-corrected chi connectivity index (χ4v) is 3.40. The van der Waals surface area contributed by atoms with Crippen molar-refractivity contribution in [2.45, 2.75) is 25.5 Å². The van der Waals surface area contributed by atoms with Gasteiger partial charge in [0.1, 0.15) is 17.9 Å². The van der Waals surface area contributed by atoms with E-state index in [1.54, 1.807) is 18.2 Å². The van der Waals surface area contributed by atoms with E-state index in [-0.39, 0.29) is 43.3 Å². The molecule has 0 aliphatic heterocycles. The number of nitrogens with zero attached hydrogens (tertiary/aromatic N) is 1. The van der Waals surface area contributed by atoms with Crippen LogP contribution in [0.1, 0.15) is 28.8 Å². The van der Waals surface area contributed by atoms with E-state index < -0.39 is 23.0 Å². The molecule has 182 valence electrons. The lowest BCUT2D eigenvalue weighted by molar-refractivity contribution is -0.549. The normalized spacial score (nSPS) is 11.3. The molecule has 0 fully saturated rings. The van der Waals surface area contributed by atoms with Crippen LogP contribution < -0.4 is 21.2 Å².